The summed E-state index contributed by atoms with van der Waals surface area (Å²) in [6.07, 6.45) is 3.14. The first-order valence-electron chi connectivity index (χ1n) is 10.2. The van der Waals surface area contributed by atoms with E-state index < -0.39 is 17.5 Å². The standard InChI is InChI=1S/C25H24F2N4O2/c1-14(13-30-15(2)29-3)5-6-16-7-8-18-19(12-23(25(28)32)31-22(18)9-16)24-20(26)10-17(33-4)11-21(24)27/h7-13H,3,5-6H2,1-2,4H3,(H2,28,32)/b14-13+,30-15-. The van der Waals surface area contributed by atoms with Gasteiger partial charge in [0, 0.05) is 23.7 Å². The summed E-state index contributed by atoms with van der Waals surface area (Å²) in [7, 11) is 1.32. The number of amides is 1. The number of halogens is 2. The van der Waals surface area contributed by atoms with Gasteiger partial charge in [-0.25, -0.2) is 23.7 Å². The smallest absolute Gasteiger partial charge is 0.267 e. The van der Waals surface area contributed by atoms with Crippen LogP contribution in [0.2, 0.25) is 0 Å². The zero-order chi connectivity index (χ0) is 24.1. The van der Waals surface area contributed by atoms with E-state index in [9.17, 15) is 13.6 Å². The molecule has 1 aromatic heterocycles. The van der Waals surface area contributed by atoms with Gasteiger partial charge in [-0.15, -0.1) is 0 Å². The summed E-state index contributed by atoms with van der Waals surface area (Å²) in [5.41, 5.74) is 7.67. The number of rotatable bonds is 7. The zero-order valence-corrected chi connectivity index (χ0v) is 18.7. The molecule has 2 N–H and O–H groups in total. The van der Waals surface area contributed by atoms with Crippen LogP contribution in [-0.2, 0) is 6.42 Å². The molecule has 0 aliphatic heterocycles. The Bertz CT molecular complexity index is 1280. The number of aliphatic imine (C=N–C) groups is 2. The highest BCUT2D eigenvalue weighted by Crippen LogP contribution is 2.35. The molecular formula is C25H24F2N4O2. The normalized spacial score (nSPS) is 12.2. The number of hydrogen-bond donors (Lipinski definition) is 1. The van der Waals surface area contributed by atoms with Gasteiger partial charge in [-0.2, -0.15) is 0 Å². The largest absolute Gasteiger partial charge is 0.497 e. The number of aromatic nitrogens is 1. The Balaban J connectivity index is 2.05. The first-order chi connectivity index (χ1) is 15.7. The molecular weight excluding hydrogens is 426 g/mol. The van der Waals surface area contributed by atoms with Crippen LogP contribution in [0.4, 0.5) is 8.78 Å². The van der Waals surface area contributed by atoms with Gasteiger partial charge in [0.05, 0.1) is 18.2 Å². The van der Waals surface area contributed by atoms with E-state index in [2.05, 4.69) is 21.7 Å². The van der Waals surface area contributed by atoms with Crippen molar-refractivity contribution in [2.24, 2.45) is 15.7 Å². The molecule has 0 radical (unpaired) electrons. The van der Waals surface area contributed by atoms with E-state index in [1.165, 1.54) is 13.2 Å². The topological polar surface area (TPSA) is 89.9 Å². The molecule has 0 saturated carbocycles. The Morgan fingerprint density at radius 3 is 2.48 bits per heavy atom. The van der Waals surface area contributed by atoms with Gasteiger partial charge in [-0.1, -0.05) is 17.7 Å². The van der Waals surface area contributed by atoms with Gasteiger partial charge < -0.3 is 10.5 Å². The first-order valence-corrected chi connectivity index (χ1v) is 10.2. The minimum absolute atomic E-state index is 0.0522. The molecule has 8 heteroatoms. The maximum atomic E-state index is 14.8. The van der Waals surface area contributed by atoms with Crippen molar-refractivity contribution in [3.8, 4) is 16.9 Å². The molecule has 0 fully saturated rings. The third kappa shape index (κ3) is 5.46. The van der Waals surface area contributed by atoms with E-state index in [-0.39, 0.29) is 22.6 Å². The van der Waals surface area contributed by atoms with Crippen molar-refractivity contribution >= 4 is 29.4 Å². The summed E-state index contributed by atoms with van der Waals surface area (Å²) in [5.74, 6) is -1.79. The summed E-state index contributed by atoms with van der Waals surface area (Å²) >= 11 is 0. The monoisotopic (exact) mass is 450 g/mol. The van der Waals surface area contributed by atoms with E-state index in [0.29, 0.717) is 23.2 Å². The second-order valence-electron chi connectivity index (χ2n) is 7.55. The number of nitrogens with zero attached hydrogens (tertiary/aromatic N) is 3. The van der Waals surface area contributed by atoms with Crippen LogP contribution in [0.1, 0.15) is 36.3 Å². The number of nitrogens with two attached hydrogens (primary N) is 1. The van der Waals surface area contributed by atoms with Crippen LogP contribution >= 0.6 is 0 Å². The van der Waals surface area contributed by atoms with Gasteiger partial charge >= 0.3 is 0 Å². The number of carbonyl (C=O) groups is 1. The summed E-state index contributed by atoms with van der Waals surface area (Å²) in [6.45, 7) is 7.14. The summed E-state index contributed by atoms with van der Waals surface area (Å²) < 4.78 is 34.5. The maximum Gasteiger partial charge on any atom is 0.267 e. The average molecular weight is 450 g/mol. The van der Waals surface area contributed by atoms with Crippen LogP contribution in [0.25, 0.3) is 22.0 Å². The van der Waals surface area contributed by atoms with Crippen molar-refractivity contribution < 1.29 is 18.3 Å². The Morgan fingerprint density at radius 1 is 1.18 bits per heavy atom. The van der Waals surface area contributed by atoms with Crippen LogP contribution in [0.5, 0.6) is 5.75 Å². The van der Waals surface area contributed by atoms with Crippen LogP contribution in [0.3, 0.4) is 0 Å². The number of amidine groups is 1. The van der Waals surface area contributed by atoms with Gasteiger partial charge in [0.2, 0.25) is 0 Å². The molecule has 0 bridgehead atoms. The predicted molar refractivity (Wildman–Crippen MR) is 127 cm³/mol. The number of carbonyl (C=O) groups excluding carboxylic acids is 1. The predicted octanol–water partition coefficient (Wildman–Crippen LogP) is 5.24. The van der Waals surface area contributed by atoms with Crippen LogP contribution < -0.4 is 10.5 Å². The quantitative estimate of drug-likeness (QED) is 0.394. The van der Waals surface area contributed by atoms with Crippen molar-refractivity contribution in [2.45, 2.75) is 26.7 Å². The van der Waals surface area contributed by atoms with Crippen molar-refractivity contribution in [1.82, 2.24) is 4.98 Å². The molecule has 0 atom stereocenters. The summed E-state index contributed by atoms with van der Waals surface area (Å²) in [6, 6.07) is 8.87. The van der Waals surface area contributed by atoms with E-state index in [4.69, 9.17) is 10.5 Å². The molecule has 6 nitrogen and oxygen atoms in total. The number of pyridine rings is 1. The van der Waals surface area contributed by atoms with E-state index in [1.807, 2.05) is 13.0 Å². The minimum atomic E-state index is -0.815. The molecule has 3 rings (SSSR count). The highest BCUT2D eigenvalue weighted by atomic mass is 19.1. The molecule has 170 valence electrons. The SMILES string of the molecule is C=N/C(C)=N\C=C(/C)CCc1ccc2c(-c3c(F)cc(OC)cc3F)cc(C(N)=O)nc2c1. The zero-order valence-electron chi connectivity index (χ0n) is 18.7. The second kappa shape index (κ2) is 10.1. The minimum Gasteiger partial charge on any atom is -0.497 e. The number of allylic oxidation sites excluding steroid dienone is 1. The molecule has 0 aliphatic carbocycles. The molecule has 1 amide bonds. The Kier molecular flexibility index (Phi) is 7.27. The highest BCUT2D eigenvalue weighted by molar-refractivity contribution is 6.01. The van der Waals surface area contributed by atoms with Gasteiger partial charge in [-0.05, 0) is 56.7 Å². The summed E-state index contributed by atoms with van der Waals surface area (Å²) in [4.78, 5) is 24.1. The molecule has 0 spiro atoms. The number of primary amides is 1. The number of benzene rings is 2. The first kappa shape index (κ1) is 23.7. The van der Waals surface area contributed by atoms with Crippen molar-refractivity contribution in [1.29, 1.82) is 0 Å². The Morgan fingerprint density at radius 2 is 1.88 bits per heavy atom. The lowest BCUT2D eigenvalue weighted by molar-refractivity contribution is 0.0996. The fraction of sp³-hybridized carbons (Fsp3) is 0.200. The van der Waals surface area contributed by atoms with E-state index >= 15 is 0 Å². The lowest BCUT2D eigenvalue weighted by atomic mass is 9.96. The van der Waals surface area contributed by atoms with Crippen LogP contribution in [0, 0.1) is 11.6 Å². The number of methoxy groups -OCH3 is 1. The van der Waals surface area contributed by atoms with Crippen molar-refractivity contribution in [2.75, 3.05) is 7.11 Å². The molecule has 3 aromatic rings. The molecule has 0 aliphatic rings. The van der Waals surface area contributed by atoms with Crippen molar-refractivity contribution in [3.63, 3.8) is 0 Å². The Labute approximate surface area is 190 Å². The van der Waals surface area contributed by atoms with Gasteiger partial charge in [0.1, 0.15) is 28.9 Å². The third-order valence-electron chi connectivity index (χ3n) is 5.16. The fourth-order valence-electron chi connectivity index (χ4n) is 3.34. The van der Waals surface area contributed by atoms with E-state index in [1.54, 1.807) is 25.3 Å². The van der Waals surface area contributed by atoms with Gasteiger partial charge in [0.15, 0.2) is 0 Å². The third-order valence-corrected chi connectivity index (χ3v) is 5.16. The number of hydrogen-bond acceptors (Lipinski definition) is 4. The van der Waals surface area contributed by atoms with E-state index in [0.717, 1.165) is 29.7 Å². The van der Waals surface area contributed by atoms with Crippen LogP contribution in [0.15, 0.2) is 58.2 Å². The van der Waals surface area contributed by atoms with Crippen LogP contribution in [-0.4, -0.2) is 30.6 Å². The number of aryl methyl sites for hydroxylation is 1. The average Bonchev–Trinajstić information content (AvgIpc) is 2.79. The van der Waals surface area contributed by atoms with Gasteiger partial charge in [-0.3, -0.25) is 4.79 Å². The summed E-state index contributed by atoms with van der Waals surface area (Å²) in [5, 5.41) is 0.497. The van der Waals surface area contributed by atoms with Crippen molar-refractivity contribution in [3.05, 3.63) is 71.1 Å². The molecule has 0 unspecified atom stereocenters. The molecule has 33 heavy (non-hydrogen) atoms. The number of fused-ring (bicyclic) bond motifs is 1. The second-order valence-corrected chi connectivity index (χ2v) is 7.55. The maximum absolute atomic E-state index is 14.8. The number of ether oxygens (including phenoxy) is 1. The molecule has 1 heterocycles. The fourth-order valence-corrected chi connectivity index (χ4v) is 3.34. The lowest BCUT2D eigenvalue weighted by Gasteiger charge is -2.13. The van der Waals surface area contributed by atoms with Gasteiger partial charge in [0.25, 0.3) is 5.91 Å². The Hall–Kier alpha value is -3.94. The molecule has 0 saturated heterocycles. The molecule has 2 aromatic carbocycles. The highest BCUT2D eigenvalue weighted by Gasteiger charge is 2.19. The lowest BCUT2D eigenvalue weighted by Crippen LogP contribution is -2.13.